The zero-order valence-electron chi connectivity index (χ0n) is 19.8. The number of carbonyl (C=O) groups is 1. The Morgan fingerprint density at radius 2 is 1.70 bits per heavy atom. The number of nitrogens with one attached hydrogen (secondary N) is 1. The van der Waals surface area contributed by atoms with Crippen LogP contribution in [0.5, 0.6) is 17.2 Å². The third-order valence-electron chi connectivity index (χ3n) is 5.25. The summed E-state index contributed by atoms with van der Waals surface area (Å²) < 4.78 is 16.8. The standard InChI is InChI=1S/C26H21N3O8/c1-16-7-8-17(2)25(11-16)37-21-13-18(12-19(14-21)28(31)32)27-26(30)24-10-9-20(36-24)15-35-23-6-4-3-5-22(23)29(33)34/h3-14H,15H2,1-2H3,(H,27,30). The zero-order chi connectivity index (χ0) is 26.5. The maximum atomic E-state index is 12.7. The Labute approximate surface area is 210 Å². The van der Waals surface area contributed by atoms with E-state index in [0.717, 1.165) is 11.1 Å². The van der Waals surface area contributed by atoms with Crippen molar-refractivity contribution in [2.45, 2.75) is 20.5 Å². The SMILES string of the molecule is Cc1ccc(C)c(Oc2cc(NC(=O)c3ccc(COc4ccccc4[N+](=O)[O-])o3)cc([N+](=O)[O-])c2)c1. The molecule has 0 radical (unpaired) electrons. The van der Waals surface area contributed by atoms with E-state index in [1.54, 1.807) is 6.07 Å². The first-order valence-corrected chi connectivity index (χ1v) is 11.0. The van der Waals surface area contributed by atoms with Crippen molar-refractivity contribution in [2.24, 2.45) is 0 Å². The fourth-order valence-electron chi connectivity index (χ4n) is 3.41. The van der Waals surface area contributed by atoms with Gasteiger partial charge in [-0.15, -0.1) is 0 Å². The van der Waals surface area contributed by atoms with Gasteiger partial charge in [-0.05, 0) is 49.2 Å². The van der Waals surface area contributed by atoms with Crippen LogP contribution in [0.1, 0.15) is 27.4 Å². The smallest absolute Gasteiger partial charge is 0.310 e. The first-order valence-electron chi connectivity index (χ1n) is 11.0. The molecule has 0 aliphatic rings. The van der Waals surface area contributed by atoms with Crippen molar-refractivity contribution in [3.05, 3.63) is 116 Å². The van der Waals surface area contributed by atoms with Crippen LogP contribution in [0.25, 0.3) is 0 Å². The summed E-state index contributed by atoms with van der Waals surface area (Å²) >= 11 is 0. The summed E-state index contributed by atoms with van der Waals surface area (Å²) in [5.41, 5.74) is 1.47. The molecule has 0 spiro atoms. The van der Waals surface area contributed by atoms with Gasteiger partial charge in [0.25, 0.3) is 11.6 Å². The Morgan fingerprint density at radius 3 is 2.46 bits per heavy atom. The highest BCUT2D eigenvalue weighted by Crippen LogP contribution is 2.32. The predicted octanol–water partition coefficient (Wildman–Crippen LogP) is 6.34. The van der Waals surface area contributed by atoms with E-state index in [1.165, 1.54) is 48.5 Å². The minimum absolute atomic E-state index is 0.0582. The third-order valence-corrected chi connectivity index (χ3v) is 5.25. The lowest BCUT2D eigenvalue weighted by atomic mass is 10.1. The molecule has 0 bridgehead atoms. The number of aryl methyl sites for hydroxylation is 2. The molecule has 0 saturated carbocycles. The fraction of sp³-hybridized carbons (Fsp3) is 0.115. The maximum absolute atomic E-state index is 12.7. The van der Waals surface area contributed by atoms with Crippen LogP contribution in [0.3, 0.4) is 0 Å². The molecule has 1 amide bonds. The molecule has 11 nitrogen and oxygen atoms in total. The number of nitro benzene ring substituents is 2. The highest BCUT2D eigenvalue weighted by atomic mass is 16.6. The first-order chi connectivity index (χ1) is 17.7. The van der Waals surface area contributed by atoms with Gasteiger partial charge in [-0.25, -0.2) is 0 Å². The van der Waals surface area contributed by atoms with Gasteiger partial charge in [0.1, 0.15) is 23.9 Å². The Hall–Kier alpha value is -5.19. The van der Waals surface area contributed by atoms with Gasteiger partial charge in [-0.2, -0.15) is 0 Å². The van der Waals surface area contributed by atoms with Gasteiger partial charge in [0.2, 0.25) is 0 Å². The van der Waals surface area contributed by atoms with Crippen molar-refractivity contribution in [2.75, 3.05) is 5.32 Å². The van der Waals surface area contributed by atoms with Gasteiger partial charge < -0.3 is 19.2 Å². The average molecular weight is 503 g/mol. The number of nitrogens with zero attached hydrogens (tertiary/aromatic N) is 2. The molecule has 11 heteroatoms. The fourth-order valence-corrected chi connectivity index (χ4v) is 3.41. The van der Waals surface area contributed by atoms with Crippen molar-refractivity contribution >= 4 is 23.0 Å². The second-order valence-corrected chi connectivity index (χ2v) is 8.08. The highest BCUT2D eigenvalue weighted by molar-refractivity contribution is 6.02. The van der Waals surface area contributed by atoms with Gasteiger partial charge in [-0.1, -0.05) is 24.3 Å². The monoisotopic (exact) mass is 503 g/mol. The summed E-state index contributed by atoms with van der Waals surface area (Å²) in [5.74, 6) is 0.284. The molecule has 1 N–H and O–H groups in total. The van der Waals surface area contributed by atoms with E-state index in [4.69, 9.17) is 13.9 Å². The van der Waals surface area contributed by atoms with Crippen molar-refractivity contribution < 1.29 is 28.5 Å². The lowest BCUT2D eigenvalue weighted by Crippen LogP contribution is -2.11. The number of non-ortho nitro benzene ring substituents is 1. The number of hydrogen-bond donors (Lipinski definition) is 1. The number of amides is 1. The van der Waals surface area contributed by atoms with E-state index in [2.05, 4.69) is 5.32 Å². The molecule has 1 heterocycles. The van der Waals surface area contributed by atoms with Crippen LogP contribution in [0, 0.1) is 34.1 Å². The Kier molecular flexibility index (Phi) is 7.14. The van der Waals surface area contributed by atoms with Crippen LogP contribution < -0.4 is 14.8 Å². The van der Waals surface area contributed by atoms with E-state index in [1.807, 2.05) is 32.0 Å². The number of rotatable bonds is 9. The van der Waals surface area contributed by atoms with Gasteiger partial charge in [0.05, 0.1) is 21.6 Å². The molecule has 0 saturated heterocycles. The molecule has 0 atom stereocenters. The Bertz CT molecular complexity index is 1490. The molecule has 4 rings (SSSR count). The maximum Gasteiger partial charge on any atom is 0.310 e. The minimum atomic E-state index is -0.657. The summed E-state index contributed by atoms with van der Waals surface area (Å²) in [5, 5.41) is 25.1. The highest BCUT2D eigenvalue weighted by Gasteiger charge is 2.18. The predicted molar refractivity (Wildman–Crippen MR) is 133 cm³/mol. The van der Waals surface area contributed by atoms with Crippen molar-refractivity contribution in [3.63, 3.8) is 0 Å². The van der Waals surface area contributed by atoms with Crippen LogP contribution in [0.2, 0.25) is 0 Å². The molecule has 3 aromatic carbocycles. The van der Waals surface area contributed by atoms with E-state index in [-0.39, 0.29) is 46.7 Å². The minimum Gasteiger partial charge on any atom is -0.479 e. The van der Waals surface area contributed by atoms with Gasteiger partial charge in [0.15, 0.2) is 11.5 Å². The van der Waals surface area contributed by atoms with Gasteiger partial charge in [0, 0.05) is 18.2 Å². The number of benzene rings is 3. The van der Waals surface area contributed by atoms with E-state index in [9.17, 15) is 25.0 Å². The van der Waals surface area contributed by atoms with E-state index >= 15 is 0 Å². The second kappa shape index (κ2) is 10.6. The Balaban J connectivity index is 1.49. The van der Waals surface area contributed by atoms with E-state index in [0.29, 0.717) is 5.75 Å². The van der Waals surface area contributed by atoms with Crippen LogP contribution in [-0.2, 0) is 6.61 Å². The van der Waals surface area contributed by atoms with Crippen LogP contribution in [0.15, 0.2) is 77.2 Å². The molecule has 0 aliphatic carbocycles. The third kappa shape index (κ3) is 6.09. The average Bonchev–Trinajstić information content (AvgIpc) is 3.34. The molecule has 0 fully saturated rings. The number of hydrogen-bond acceptors (Lipinski definition) is 8. The largest absolute Gasteiger partial charge is 0.479 e. The summed E-state index contributed by atoms with van der Waals surface area (Å²) in [6.45, 7) is 3.60. The second-order valence-electron chi connectivity index (χ2n) is 8.08. The number of anilines is 1. The summed E-state index contributed by atoms with van der Waals surface area (Å²) in [6.07, 6.45) is 0. The van der Waals surface area contributed by atoms with Crippen LogP contribution in [-0.4, -0.2) is 15.8 Å². The quantitative estimate of drug-likeness (QED) is 0.206. The zero-order valence-corrected chi connectivity index (χ0v) is 19.8. The summed E-state index contributed by atoms with van der Waals surface area (Å²) in [7, 11) is 0. The number of para-hydroxylation sites is 2. The summed E-state index contributed by atoms with van der Waals surface area (Å²) in [6, 6.07) is 18.3. The number of ether oxygens (including phenoxy) is 2. The molecule has 37 heavy (non-hydrogen) atoms. The summed E-state index contributed by atoms with van der Waals surface area (Å²) in [4.78, 5) is 34.2. The number of furan rings is 1. The lowest BCUT2D eigenvalue weighted by Gasteiger charge is -2.11. The van der Waals surface area contributed by atoms with Crippen molar-refractivity contribution in [1.29, 1.82) is 0 Å². The van der Waals surface area contributed by atoms with Crippen LogP contribution in [0.4, 0.5) is 17.1 Å². The lowest BCUT2D eigenvalue weighted by molar-refractivity contribution is -0.386. The van der Waals surface area contributed by atoms with Gasteiger partial charge >= 0.3 is 5.69 Å². The van der Waals surface area contributed by atoms with Crippen molar-refractivity contribution in [3.8, 4) is 17.2 Å². The molecular formula is C26H21N3O8. The molecule has 0 unspecified atom stereocenters. The Morgan fingerprint density at radius 1 is 0.919 bits per heavy atom. The normalized spacial score (nSPS) is 10.5. The van der Waals surface area contributed by atoms with Gasteiger partial charge in [-0.3, -0.25) is 25.0 Å². The van der Waals surface area contributed by atoms with Crippen molar-refractivity contribution in [1.82, 2.24) is 0 Å². The molecule has 188 valence electrons. The molecule has 0 aliphatic heterocycles. The number of nitro groups is 2. The molecular weight excluding hydrogens is 482 g/mol. The molecule has 1 aromatic heterocycles. The van der Waals surface area contributed by atoms with E-state index < -0.39 is 15.8 Å². The number of carbonyl (C=O) groups excluding carboxylic acids is 1. The topological polar surface area (TPSA) is 147 Å². The molecule has 4 aromatic rings. The van der Waals surface area contributed by atoms with Crippen LogP contribution >= 0.6 is 0 Å². The first kappa shape index (κ1) is 24.9.